The van der Waals surface area contributed by atoms with E-state index in [1.165, 1.54) is 0 Å². The van der Waals surface area contributed by atoms with E-state index in [0.717, 1.165) is 17.1 Å². The Morgan fingerprint density at radius 1 is 0.941 bits per heavy atom. The Morgan fingerprint density at radius 2 is 1.41 bits per heavy atom. The monoisotopic (exact) mass is 248 g/mol. The van der Waals surface area contributed by atoms with E-state index in [0.29, 0.717) is 5.02 Å². The van der Waals surface area contributed by atoms with E-state index in [2.05, 4.69) is 0 Å². The van der Waals surface area contributed by atoms with Gasteiger partial charge in [-0.3, -0.25) is 0 Å². The van der Waals surface area contributed by atoms with Crippen molar-refractivity contribution in [3.63, 3.8) is 0 Å². The highest BCUT2D eigenvalue weighted by Gasteiger charge is 2.01. The topological polar surface area (TPSA) is 29.5 Å². The molecule has 2 nitrogen and oxygen atoms in total. The number of ether oxygens (including phenoxy) is 1. The zero-order chi connectivity index (χ0) is 12.3. The third-order valence-corrected chi connectivity index (χ3v) is 2.66. The van der Waals surface area contributed by atoms with Crippen molar-refractivity contribution in [2.45, 2.75) is 13.0 Å². The number of rotatable bonds is 3. The van der Waals surface area contributed by atoms with Crippen LogP contribution in [-0.2, 0) is 0 Å². The molecule has 88 valence electrons. The molecule has 2 rings (SSSR count). The number of hydrogen-bond donors (Lipinski definition) is 1. The highest BCUT2D eigenvalue weighted by molar-refractivity contribution is 6.30. The van der Waals surface area contributed by atoms with Crippen LogP contribution >= 0.6 is 11.6 Å². The molecule has 0 unspecified atom stereocenters. The van der Waals surface area contributed by atoms with Crippen molar-refractivity contribution in [2.24, 2.45) is 0 Å². The molecule has 0 saturated carbocycles. The van der Waals surface area contributed by atoms with Crippen molar-refractivity contribution in [1.82, 2.24) is 0 Å². The molecule has 0 saturated heterocycles. The summed E-state index contributed by atoms with van der Waals surface area (Å²) in [6.45, 7) is 1.73. The molecule has 1 N–H and O–H groups in total. The molecule has 2 aromatic rings. The van der Waals surface area contributed by atoms with Gasteiger partial charge < -0.3 is 9.84 Å². The van der Waals surface area contributed by atoms with E-state index >= 15 is 0 Å². The van der Waals surface area contributed by atoms with Crippen LogP contribution in [0.4, 0.5) is 0 Å². The summed E-state index contributed by atoms with van der Waals surface area (Å²) in [5.41, 5.74) is 0.869. The van der Waals surface area contributed by atoms with Crippen LogP contribution in [0.25, 0.3) is 0 Å². The van der Waals surface area contributed by atoms with Crippen LogP contribution in [0.3, 0.4) is 0 Å². The zero-order valence-electron chi connectivity index (χ0n) is 9.43. The molecule has 0 radical (unpaired) electrons. The van der Waals surface area contributed by atoms with Crippen molar-refractivity contribution >= 4 is 11.6 Å². The van der Waals surface area contributed by atoms with Crippen molar-refractivity contribution in [2.75, 3.05) is 0 Å². The fourth-order valence-corrected chi connectivity index (χ4v) is 1.58. The molecule has 0 amide bonds. The highest BCUT2D eigenvalue weighted by Crippen LogP contribution is 2.24. The Hall–Kier alpha value is -1.51. The number of aliphatic hydroxyl groups excluding tert-OH is 1. The van der Waals surface area contributed by atoms with Crippen LogP contribution in [0.2, 0.25) is 5.02 Å². The summed E-state index contributed by atoms with van der Waals surface area (Å²) in [6, 6.07) is 14.5. The number of halogens is 1. The van der Waals surface area contributed by atoms with Crippen molar-refractivity contribution in [3.05, 3.63) is 59.1 Å². The first kappa shape index (κ1) is 12.0. The molecule has 0 aliphatic heterocycles. The van der Waals surface area contributed by atoms with Gasteiger partial charge in [-0.1, -0.05) is 23.7 Å². The Kier molecular flexibility index (Phi) is 3.67. The highest BCUT2D eigenvalue weighted by atomic mass is 35.5. The molecule has 1 atom stereocenters. The van der Waals surface area contributed by atoms with Crippen molar-refractivity contribution in [1.29, 1.82) is 0 Å². The summed E-state index contributed by atoms with van der Waals surface area (Å²) >= 11 is 5.79. The first-order valence-electron chi connectivity index (χ1n) is 5.36. The standard InChI is InChI=1S/C14H13ClO2/c1-10(16)11-2-6-13(7-3-11)17-14-8-4-12(15)5-9-14/h2-10,16H,1H3/t10-/m0/s1. The average molecular weight is 249 g/mol. The van der Waals surface area contributed by atoms with Gasteiger partial charge >= 0.3 is 0 Å². The lowest BCUT2D eigenvalue weighted by Gasteiger charge is -2.08. The van der Waals surface area contributed by atoms with Gasteiger partial charge in [-0.15, -0.1) is 0 Å². The predicted molar refractivity (Wildman–Crippen MR) is 68.6 cm³/mol. The van der Waals surface area contributed by atoms with Crippen LogP contribution in [0.15, 0.2) is 48.5 Å². The summed E-state index contributed by atoms with van der Waals surface area (Å²) in [7, 11) is 0. The molecular weight excluding hydrogens is 236 g/mol. The summed E-state index contributed by atoms with van der Waals surface area (Å²) < 4.78 is 5.63. The number of benzene rings is 2. The Morgan fingerprint density at radius 3 is 1.88 bits per heavy atom. The molecule has 2 aromatic carbocycles. The van der Waals surface area contributed by atoms with Gasteiger partial charge in [-0.2, -0.15) is 0 Å². The van der Waals surface area contributed by atoms with Crippen LogP contribution < -0.4 is 4.74 Å². The van der Waals surface area contributed by atoms with Crippen LogP contribution in [-0.4, -0.2) is 5.11 Å². The Labute approximate surface area is 105 Å². The first-order chi connectivity index (χ1) is 8.15. The molecule has 0 aliphatic carbocycles. The molecule has 0 heterocycles. The molecule has 0 fully saturated rings. The van der Waals surface area contributed by atoms with Gasteiger partial charge in [0.1, 0.15) is 11.5 Å². The van der Waals surface area contributed by atoms with Crippen molar-refractivity contribution < 1.29 is 9.84 Å². The minimum absolute atomic E-state index is 0.459. The average Bonchev–Trinajstić information content (AvgIpc) is 2.33. The predicted octanol–water partition coefficient (Wildman–Crippen LogP) is 4.19. The summed E-state index contributed by atoms with van der Waals surface area (Å²) in [5, 5.41) is 10.1. The fourth-order valence-electron chi connectivity index (χ4n) is 1.45. The molecule has 0 bridgehead atoms. The molecule has 0 aliphatic rings. The van der Waals surface area contributed by atoms with E-state index in [1.807, 2.05) is 36.4 Å². The molecular formula is C14H13ClO2. The molecule has 3 heteroatoms. The zero-order valence-corrected chi connectivity index (χ0v) is 10.2. The molecule has 0 spiro atoms. The van der Waals surface area contributed by atoms with E-state index in [-0.39, 0.29) is 0 Å². The van der Waals surface area contributed by atoms with E-state index in [9.17, 15) is 5.11 Å². The van der Waals surface area contributed by atoms with Crippen LogP contribution in [0.5, 0.6) is 11.5 Å². The van der Waals surface area contributed by atoms with Gasteiger partial charge in [-0.05, 0) is 48.9 Å². The number of hydrogen-bond acceptors (Lipinski definition) is 2. The lowest BCUT2D eigenvalue weighted by atomic mass is 10.1. The lowest BCUT2D eigenvalue weighted by Crippen LogP contribution is -1.90. The summed E-state index contributed by atoms with van der Waals surface area (Å²) in [6.07, 6.45) is -0.459. The molecule has 17 heavy (non-hydrogen) atoms. The second-order valence-electron chi connectivity index (χ2n) is 3.80. The first-order valence-corrected chi connectivity index (χ1v) is 5.74. The minimum atomic E-state index is -0.459. The van der Waals surface area contributed by atoms with Crippen LogP contribution in [0, 0.1) is 0 Å². The fraction of sp³-hybridized carbons (Fsp3) is 0.143. The van der Waals surface area contributed by atoms with Gasteiger partial charge in [0.25, 0.3) is 0 Å². The maximum atomic E-state index is 9.38. The largest absolute Gasteiger partial charge is 0.457 e. The van der Waals surface area contributed by atoms with Gasteiger partial charge in [0, 0.05) is 5.02 Å². The Bertz CT molecular complexity index is 475. The maximum Gasteiger partial charge on any atom is 0.127 e. The second kappa shape index (κ2) is 5.21. The quantitative estimate of drug-likeness (QED) is 0.883. The lowest BCUT2D eigenvalue weighted by molar-refractivity contribution is 0.199. The minimum Gasteiger partial charge on any atom is -0.457 e. The molecule has 0 aromatic heterocycles. The summed E-state index contributed by atoms with van der Waals surface area (Å²) in [5.74, 6) is 1.47. The van der Waals surface area contributed by atoms with Crippen molar-refractivity contribution in [3.8, 4) is 11.5 Å². The summed E-state index contributed by atoms with van der Waals surface area (Å²) in [4.78, 5) is 0. The smallest absolute Gasteiger partial charge is 0.127 e. The van der Waals surface area contributed by atoms with Crippen LogP contribution in [0.1, 0.15) is 18.6 Å². The van der Waals surface area contributed by atoms with Gasteiger partial charge in [0.15, 0.2) is 0 Å². The van der Waals surface area contributed by atoms with Gasteiger partial charge in [0.2, 0.25) is 0 Å². The van der Waals surface area contributed by atoms with Gasteiger partial charge in [-0.25, -0.2) is 0 Å². The normalized spacial score (nSPS) is 12.2. The number of aliphatic hydroxyl groups is 1. The maximum absolute atomic E-state index is 9.38. The Balaban J connectivity index is 2.11. The van der Waals surface area contributed by atoms with E-state index in [1.54, 1.807) is 19.1 Å². The van der Waals surface area contributed by atoms with Gasteiger partial charge in [0.05, 0.1) is 6.10 Å². The SMILES string of the molecule is C[C@H](O)c1ccc(Oc2ccc(Cl)cc2)cc1. The third-order valence-electron chi connectivity index (χ3n) is 2.41. The third kappa shape index (κ3) is 3.22. The second-order valence-corrected chi connectivity index (χ2v) is 4.24. The van der Waals surface area contributed by atoms with E-state index in [4.69, 9.17) is 16.3 Å². The van der Waals surface area contributed by atoms with E-state index < -0.39 is 6.10 Å².